The molecule has 0 fully saturated rings. The van der Waals surface area contributed by atoms with Gasteiger partial charge in [-0.15, -0.1) is 16.8 Å². The van der Waals surface area contributed by atoms with E-state index < -0.39 is 5.82 Å². The molecular formula is C15H14FN3O2S2. The van der Waals surface area contributed by atoms with E-state index in [9.17, 15) is 9.18 Å². The van der Waals surface area contributed by atoms with Crippen LogP contribution in [0.15, 0.2) is 41.3 Å². The van der Waals surface area contributed by atoms with Gasteiger partial charge < -0.3 is 4.74 Å². The van der Waals surface area contributed by atoms with Gasteiger partial charge in [0.2, 0.25) is 11.0 Å². The minimum atomic E-state index is -0.483. The molecule has 0 spiro atoms. The number of hydrogen-bond acceptors (Lipinski definition) is 6. The van der Waals surface area contributed by atoms with E-state index in [1.165, 1.54) is 54.5 Å². The van der Waals surface area contributed by atoms with Gasteiger partial charge in [0, 0.05) is 11.8 Å². The smallest absolute Gasteiger partial charge is 0.250 e. The normalized spacial score (nSPS) is 10.7. The van der Waals surface area contributed by atoms with Crippen LogP contribution in [-0.2, 0) is 4.79 Å². The Kier molecular flexibility index (Phi) is 6.30. The van der Waals surface area contributed by atoms with Gasteiger partial charge in [-0.1, -0.05) is 35.2 Å². The van der Waals surface area contributed by atoms with Crippen molar-refractivity contribution in [3.63, 3.8) is 0 Å². The highest BCUT2D eigenvalue weighted by atomic mass is 32.2. The Labute approximate surface area is 141 Å². The van der Waals surface area contributed by atoms with Gasteiger partial charge in [-0.3, -0.25) is 10.1 Å². The molecule has 5 nitrogen and oxygen atoms in total. The molecule has 0 radical (unpaired) electrons. The Hall–Kier alpha value is -2.19. The van der Waals surface area contributed by atoms with E-state index in [0.717, 1.165) is 10.1 Å². The van der Waals surface area contributed by atoms with E-state index in [-0.39, 0.29) is 11.7 Å². The summed E-state index contributed by atoms with van der Waals surface area (Å²) in [7, 11) is 1.39. The third-order valence-electron chi connectivity index (χ3n) is 2.56. The van der Waals surface area contributed by atoms with Crippen molar-refractivity contribution in [2.75, 3.05) is 18.2 Å². The molecule has 1 amide bonds. The van der Waals surface area contributed by atoms with Crippen molar-refractivity contribution in [1.82, 2.24) is 10.2 Å². The Morgan fingerprint density at radius 2 is 2.35 bits per heavy atom. The number of nitrogens with one attached hydrogen (secondary N) is 1. The molecule has 2 rings (SSSR count). The van der Waals surface area contributed by atoms with Crippen molar-refractivity contribution < 1.29 is 13.9 Å². The topological polar surface area (TPSA) is 64.1 Å². The van der Waals surface area contributed by atoms with Crippen LogP contribution < -0.4 is 10.1 Å². The highest BCUT2D eigenvalue weighted by Gasteiger charge is 2.06. The molecule has 2 aromatic rings. The number of rotatable bonds is 7. The van der Waals surface area contributed by atoms with Crippen molar-refractivity contribution in [1.29, 1.82) is 0 Å². The summed E-state index contributed by atoms with van der Waals surface area (Å²) >= 11 is 2.77. The molecule has 0 aliphatic rings. The minimum absolute atomic E-state index is 0.157. The first kappa shape index (κ1) is 17.2. The molecule has 8 heteroatoms. The zero-order valence-electron chi connectivity index (χ0n) is 12.3. The number of amides is 1. The summed E-state index contributed by atoms with van der Waals surface area (Å²) in [6.45, 7) is 3.62. The fourth-order valence-corrected chi connectivity index (χ4v) is 3.07. The van der Waals surface area contributed by atoms with Crippen LogP contribution in [0.3, 0.4) is 0 Å². The van der Waals surface area contributed by atoms with Crippen LogP contribution in [0.4, 0.5) is 9.52 Å². The molecule has 0 unspecified atom stereocenters. The minimum Gasteiger partial charge on any atom is -0.494 e. The summed E-state index contributed by atoms with van der Waals surface area (Å²) in [6, 6.07) is 4.44. The lowest BCUT2D eigenvalue weighted by Crippen LogP contribution is -2.07. The first-order valence-electron chi connectivity index (χ1n) is 6.52. The number of anilines is 1. The first-order chi connectivity index (χ1) is 11.1. The predicted octanol–water partition coefficient (Wildman–Crippen LogP) is 3.62. The Balaban J connectivity index is 1.94. The van der Waals surface area contributed by atoms with E-state index >= 15 is 0 Å². The van der Waals surface area contributed by atoms with Gasteiger partial charge in [0.15, 0.2) is 15.9 Å². The zero-order valence-corrected chi connectivity index (χ0v) is 13.9. The number of carbonyl (C=O) groups is 1. The standard InChI is InChI=1S/C15H14FN3O2S2/c1-3-8-22-15-19-18-14(23-15)17-13(20)7-5-10-4-6-12(21-2)11(16)9-10/h3-7,9H,1,8H2,2H3,(H,17,18,20)/b7-5+. The maximum atomic E-state index is 13.5. The monoisotopic (exact) mass is 351 g/mol. The fourth-order valence-electron chi connectivity index (χ4n) is 1.55. The van der Waals surface area contributed by atoms with Crippen LogP contribution in [-0.4, -0.2) is 29.0 Å². The third-order valence-corrected chi connectivity index (χ3v) is 4.53. The van der Waals surface area contributed by atoms with Gasteiger partial charge >= 0.3 is 0 Å². The number of halogens is 1. The summed E-state index contributed by atoms with van der Waals surface area (Å²) in [5.41, 5.74) is 0.554. The van der Waals surface area contributed by atoms with Gasteiger partial charge in [0.25, 0.3) is 0 Å². The lowest BCUT2D eigenvalue weighted by molar-refractivity contribution is -0.111. The summed E-state index contributed by atoms with van der Waals surface area (Å²) in [6.07, 6.45) is 4.58. The van der Waals surface area contributed by atoms with Crippen molar-refractivity contribution in [3.8, 4) is 5.75 Å². The molecule has 1 aromatic heterocycles. The average molecular weight is 351 g/mol. The SMILES string of the molecule is C=CCSc1nnc(NC(=O)/C=C/c2ccc(OC)c(F)c2)s1. The van der Waals surface area contributed by atoms with Crippen LogP contribution in [0.1, 0.15) is 5.56 Å². The quantitative estimate of drug-likeness (QED) is 0.357. The maximum absolute atomic E-state index is 13.5. The zero-order chi connectivity index (χ0) is 16.7. The van der Waals surface area contributed by atoms with Crippen LogP contribution >= 0.6 is 23.1 Å². The number of methoxy groups -OCH3 is 1. The second kappa shape index (κ2) is 8.44. The van der Waals surface area contributed by atoms with E-state index in [1.54, 1.807) is 12.1 Å². The van der Waals surface area contributed by atoms with E-state index in [4.69, 9.17) is 4.74 Å². The van der Waals surface area contributed by atoms with E-state index in [1.807, 2.05) is 0 Å². The van der Waals surface area contributed by atoms with E-state index in [2.05, 4.69) is 22.1 Å². The molecule has 1 N–H and O–H groups in total. The molecule has 0 aliphatic carbocycles. The van der Waals surface area contributed by atoms with Crippen LogP contribution in [0.5, 0.6) is 5.75 Å². The second-order valence-corrected chi connectivity index (χ2v) is 6.43. The highest BCUT2D eigenvalue weighted by molar-refractivity contribution is 8.01. The lowest BCUT2D eigenvalue weighted by atomic mass is 10.2. The third kappa shape index (κ3) is 5.19. The molecule has 0 saturated heterocycles. The molecule has 0 bridgehead atoms. The van der Waals surface area contributed by atoms with Crippen molar-refractivity contribution >= 4 is 40.2 Å². The molecule has 0 aliphatic heterocycles. The number of hydrogen-bond donors (Lipinski definition) is 1. The molecule has 1 heterocycles. The largest absolute Gasteiger partial charge is 0.494 e. The number of aromatic nitrogens is 2. The number of ether oxygens (including phenoxy) is 1. The molecule has 1 aromatic carbocycles. The van der Waals surface area contributed by atoms with Gasteiger partial charge in [-0.05, 0) is 23.8 Å². The summed E-state index contributed by atoms with van der Waals surface area (Å²) in [4.78, 5) is 11.8. The first-order valence-corrected chi connectivity index (χ1v) is 8.32. The van der Waals surface area contributed by atoms with Crippen molar-refractivity contribution in [2.45, 2.75) is 4.34 Å². The molecule has 0 atom stereocenters. The molecule has 0 saturated carbocycles. The van der Waals surface area contributed by atoms with Crippen LogP contribution in [0, 0.1) is 5.82 Å². The Morgan fingerprint density at radius 1 is 1.52 bits per heavy atom. The van der Waals surface area contributed by atoms with Gasteiger partial charge in [0.05, 0.1) is 7.11 Å². The average Bonchev–Trinajstić information content (AvgIpc) is 2.98. The summed E-state index contributed by atoms with van der Waals surface area (Å²) in [5.74, 6) is 0.0386. The number of benzene rings is 1. The predicted molar refractivity (Wildman–Crippen MR) is 91.4 cm³/mol. The van der Waals surface area contributed by atoms with E-state index in [0.29, 0.717) is 10.7 Å². The number of thioether (sulfide) groups is 1. The van der Waals surface area contributed by atoms with Gasteiger partial charge in [-0.2, -0.15) is 0 Å². The van der Waals surface area contributed by atoms with Crippen molar-refractivity contribution in [3.05, 3.63) is 48.3 Å². The Morgan fingerprint density at radius 3 is 3.04 bits per heavy atom. The summed E-state index contributed by atoms with van der Waals surface area (Å²) < 4.78 is 19.1. The van der Waals surface area contributed by atoms with Gasteiger partial charge in [0.1, 0.15) is 0 Å². The fraction of sp³-hybridized carbons (Fsp3) is 0.133. The molecular weight excluding hydrogens is 337 g/mol. The van der Waals surface area contributed by atoms with Gasteiger partial charge in [-0.25, -0.2) is 4.39 Å². The van der Waals surface area contributed by atoms with Crippen LogP contribution in [0.2, 0.25) is 0 Å². The lowest BCUT2D eigenvalue weighted by Gasteiger charge is -2.01. The van der Waals surface area contributed by atoms with Crippen molar-refractivity contribution in [2.24, 2.45) is 0 Å². The second-order valence-electron chi connectivity index (χ2n) is 4.19. The number of nitrogens with zero attached hydrogens (tertiary/aromatic N) is 2. The Bertz CT molecular complexity index is 731. The molecule has 23 heavy (non-hydrogen) atoms. The highest BCUT2D eigenvalue weighted by Crippen LogP contribution is 2.25. The number of carbonyl (C=O) groups excluding carboxylic acids is 1. The summed E-state index contributed by atoms with van der Waals surface area (Å²) in [5, 5.41) is 10.8. The maximum Gasteiger partial charge on any atom is 0.250 e. The molecule has 120 valence electrons. The van der Waals surface area contributed by atoms with Crippen LogP contribution in [0.25, 0.3) is 6.08 Å².